The minimum Gasteiger partial charge on any atom is -0.494 e. The highest BCUT2D eigenvalue weighted by Gasteiger charge is 2.09. The second-order valence-electron chi connectivity index (χ2n) is 5.43. The van der Waals surface area contributed by atoms with Crippen LogP contribution in [0.4, 0.5) is 0 Å². The lowest BCUT2D eigenvalue weighted by Gasteiger charge is -2.12. The minimum absolute atomic E-state index is 0.337. The summed E-state index contributed by atoms with van der Waals surface area (Å²) >= 11 is 3.79. The first-order valence-electron chi connectivity index (χ1n) is 7.61. The zero-order chi connectivity index (χ0) is 15.1. The number of aryl methyl sites for hydroxylation is 1. The maximum atomic E-state index is 5.70. The Morgan fingerprint density at radius 2 is 1.86 bits per heavy atom. The molecule has 0 saturated carbocycles. The van der Waals surface area contributed by atoms with Crippen molar-refractivity contribution in [1.82, 2.24) is 0 Å². The van der Waals surface area contributed by atoms with Gasteiger partial charge in [-0.25, -0.2) is 0 Å². The molecule has 1 nitrogen and oxygen atoms in total. The number of rotatable bonds is 7. The Labute approximate surface area is 136 Å². The van der Waals surface area contributed by atoms with Gasteiger partial charge in [0.2, 0.25) is 0 Å². The average Bonchev–Trinajstić information content (AvgIpc) is 2.48. The summed E-state index contributed by atoms with van der Waals surface area (Å²) in [4.78, 5) is 0.337. The summed E-state index contributed by atoms with van der Waals surface area (Å²) in [5, 5.41) is 0. The van der Waals surface area contributed by atoms with E-state index in [-0.39, 0.29) is 0 Å². The van der Waals surface area contributed by atoms with E-state index in [1.807, 2.05) is 0 Å². The van der Waals surface area contributed by atoms with Crippen molar-refractivity contribution in [3.8, 4) is 5.75 Å². The van der Waals surface area contributed by atoms with Gasteiger partial charge in [0.25, 0.3) is 0 Å². The van der Waals surface area contributed by atoms with Gasteiger partial charge in [-0.1, -0.05) is 71.2 Å². The van der Waals surface area contributed by atoms with Crippen LogP contribution in [0.25, 0.3) is 0 Å². The van der Waals surface area contributed by atoms with Crippen LogP contribution in [0.15, 0.2) is 48.5 Å². The summed E-state index contributed by atoms with van der Waals surface area (Å²) in [7, 11) is 0. The van der Waals surface area contributed by atoms with Crippen molar-refractivity contribution in [3.63, 3.8) is 0 Å². The fourth-order valence-electron chi connectivity index (χ4n) is 2.27. The molecular formula is C19H23BrO. The van der Waals surface area contributed by atoms with Crippen LogP contribution < -0.4 is 4.74 Å². The molecule has 2 rings (SSSR count). The Balaban J connectivity index is 1.94. The number of ether oxygens (including phenoxy) is 1. The van der Waals surface area contributed by atoms with Crippen LogP contribution in [-0.2, 0) is 6.42 Å². The van der Waals surface area contributed by atoms with Crippen LogP contribution in [0.2, 0.25) is 0 Å². The quantitative estimate of drug-likeness (QED) is 0.451. The molecule has 1 atom stereocenters. The van der Waals surface area contributed by atoms with Crippen molar-refractivity contribution in [3.05, 3.63) is 65.2 Å². The third-order valence-corrected chi connectivity index (χ3v) is 4.36. The van der Waals surface area contributed by atoms with Gasteiger partial charge < -0.3 is 4.74 Å². The van der Waals surface area contributed by atoms with Gasteiger partial charge in [-0.15, -0.1) is 0 Å². The first-order valence-corrected chi connectivity index (χ1v) is 8.53. The summed E-state index contributed by atoms with van der Waals surface area (Å²) < 4.78 is 5.70. The predicted molar refractivity (Wildman–Crippen MR) is 93.4 cm³/mol. The van der Waals surface area contributed by atoms with Crippen molar-refractivity contribution in [2.75, 3.05) is 6.61 Å². The summed E-state index contributed by atoms with van der Waals surface area (Å²) in [5.41, 5.74) is 3.96. The van der Waals surface area contributed by atoms with E-state index in [0.717, 1.165) is 31.6 Å². The molecule has 0 aromatic heterocycles. The highest BCUT2D eigenvalue weighted by Crippen LogP contribution is 2.28. The predicted octanol–water partition coefficient (Wildman–Crippen LogP) is 5.85. The number of benzene rings is 2. The first-order chi connectivity index (χ1) is 10.2. The van der Waals surface area contributed by atoms with Crippen molar-refractivity contribution < 1.29 is 4.74 Å². The second kappa shape index (κ2) is 8.23. The van der Waals surface area contributed by atoms with Gasteiger partial charge in [0.15, 0.2) is 0 Å². The van der Waals surface area contributed by atoms with E-state index in [1.165, 1.54) is 16.7 Å². The van der Waals surface area contributed by atoms with Gasteiger partial charge in [-0.05, 0) is 43.0 Å². The molecule has 2 aromatic carbocycles. The molecule has 0 spiro atoms. The van der Waals surface area contributed by atoms with Crippen LogP contribution in [-0.4, -0.2) is 6.61 Å². The van der Waals surface area contributed by atoms with E-state index < -0.39 is 0 Å². The van der Waals surface area contributed by atoms with Gasteiger partial charge in [0.05, 0.1) is 6.61 Å². The normalized spacial score (nSPS) is 12.1. The Bertz CT molecular complexity index is 548. The molecule has 1 unspecified atom stereocenters. The molecule has 0 saturated heterocycles. The average molecular weight is 347 g/mol. The van der Waals surface area contributed by atoms with Crippen molar-refractivity contribution in [2.24, 2.45) is 0 Å². The smallest absolute Gasteiger partial charge is 0.119 e. The topological polar surface area (TPSA) is 9.23 Å². The lowest BCUT2D eigenvalue weighted by atomic mass is 10.0. The summed E-state index contributed by atoms with van der Waals surface area (Å²) in [6.07, 6.45) is 3.27. The first kappa shape index (κ1) is 16.1. The van der Waals surface area contributed by atoms with E-state index in [1.54, 1.807) is 0 Å². The third-order valence-electron chi connectivity index (χ3n) is 3.51. The van der Waals surface area contributed by atoms with E-state index >= 15 is 0 Å². The molecule has 0 radical (unpaired) electrons. The molecular weight excluding hydrogens is 324 g/mol. The summed E-state index contributed by atoms with van der Waals surface area (Å²) in [6.45, 7) is 5.11. The molecule has 0 heterocycles. The van der Waals surface area contributed by atoms with Gasteiger partial charge in [-0.2, -0.15) is 0 Å². The molecule has 2 aromatic rings. The van der Waals surface area contributed by atoms with Crippen LogP contribution in [0.1, 0.15) is 41.3 Å². The van der Waals surface area contributed by atoms with Gasteiger partial charge >= 0.3 is 0 Å². The maximum Gasteiger partial charge on any atom is 0.119 e. The van der Waals surface area contributed by atoms with Crippen LogP contribution in [0.5, 0.6) is 5.75 Å². The number of hydrogen-bond acceptors (Lipinski definition) is 1. The van der Waals surface area contributed by atoms with Gasteiger partial charge in [0.1, 0.15) is 5.75 Å². The van der Waals surface area contributed by atoms with Gasteiger partial charge in [-0.3, -0.25) is 0 Å². The largest absolute Gasteiger partial charge is 0.494 e. The zero-order valence-electron chi connectivity index (χ0n) is 12.8. The lowest BCUT2D eigenvalue weighted by Crippen LogP contribution is -1.98. The molecule has 0 N–H and O–H groups in total. The van der Waals surface area contributed by atoms with Crippen molar-refractivity contribution in [2.45, 2.75) is 37.9 Å². The highest BCUT2D eigenvalue weighted by atomic mass is 79.9. The molecule has 0 aliphatic carbocycles. The molecule has 21 heavy (non-hydrogen) atoms. The fourth-order valence-corrected chi connectivity index (χ4v) is 2.95. The fraction of sp³-hybridized carbons (Fsp3) is 0.368. The summed E-state index contributed by atoms with van der Waals surface area (Å²) in [5.74, 6) is 0.961. The third kappa shape index (κ3) is 5.20. The Morgan fingerprint density at radius 1 is 1.10 bits per heavy atom. The van der Waals surface area contributed by atoms with Crippen LogP contribution in [0.3, 0.4) is 0 Å². The number of alkyl halides is 1. The van der Waals surface area contributed by atoms with Gasteiger partial charge in [0, 0.05) is 4.83 Å². The molecule has 0 aliphatic heterocycles. The molecule has 0 fully saturated rings. The molecule has 112 valence electrons. The lowest BCUT2D eigenvalue weighted by molar-refractivity contribution is 0.309. The van der Waals surface area contributed by atoms with E-state index in [0.29, 0.717) is 4.83 Å². The monoisotopic (exact) mass is 346 g/mol. The van der Waals surface area contributed by atoms with Crippen LogP contribution in [0, 0.1) is 6.92 Å². The SMILES string of the molecule is CCCCOc1ccc(C(Br)Cc2cccc(C)c2)cc1. The van der Waals surface area contributed by atoms with Crippen LogP contribution >= 0.6 is 15.9 Å². The van der Waals surface area contributed by atoms with E-state index in [2.05, 4.69) is 78.3 Å². The van der Waals surface area contributed by atoms with Crippen molar-refractivity contribution >= 4 is 15.9 Å². The van der Waals surface area contributed by atoms with E-state index in [4.69, 9.17) is 4.74 Å². The minimum atomic E-state index is 0.337. The highest BCUT2D eigenvalue weighted by molar-refractivity contribution is 9.09. The molecule has 2 heteroatoms. The number of unbranched alkanes of at least 4 members (excludes halogenated alkanes) is 1. The Morgan fingerprint density at radius 3 is 2.52 bits per heavy atom. The molecule has 0 amide bonds. The maximum absolute atomic E-state index is 5.70. The number of halogens is 1. The standard InChI is InChI=1S/C19H23BrO/c1-3-4-12-21-18-10-8-17(9-11-18)19(20)14-16-7-5-6-15(2)13-16/h5-11,13,19H,3-4,12,14H2,1-2H3. The Hall–Kier alpha value is -1.28. The Kier molecular flexibility index (Phi) is 6.31. The van der Waals surface area contributed by atoms with E-state index in [9.17, 15) is 0 Å². The zero-order valence-corrected chi connectivity index (χ0v) is 14.4. The molecule has 0 aliphatic rings. The second-order valence-corrected chi connectivity index (χ2v) is 6.54. The van der Waals surface area contributed by atoms with Crippen molar-refractivity contribution in [1.29, 1.82) is 0 Å². The summed E-state index contributed by atoms with van der Waals surface area (Å²) in [6, 6.07) is 17.1. The molecule has 0 bridgehead atoms. The number of hydrogen-bond donors (Lipinski definition) is 0.